The first-order chi connectivity index (χ1) is 8.02. The SMILES string of the molecule is [2H]C([2H])(CO)C([2H])(O)C([2H])([2H])CCCC(=O)OC. The number of rotatable bonds is 7. The summed E-state index contributed by atoms with van der Waals surface area (Å²) in [6.45, 7) is -1.18. The number of methoxy groups -OCH3 is 1. The topological polar surface area (TPSA) is 66.8 Å². The van der Waals surface area contributed by atoms with E-state index in [0.29, 0.717) is 0 Å². The van der Waals surface area contributed by atoms with E-state index in [1.165, 1.54) is 7.11 Å². The molecule has 0 aliphatic rings. The molecule has 0 aliphatic carbocycles. The summed E-state index contributed by atoms with van der Waals surface area (Å²) in [6.07, 6.45) is -9.00. The lowest BCUT2D eigenvalue weighted by atomic mass is 10.1. The smallest absolute Gasteiger partial charge is 0.305 e. The van der Waals surface area contributed by atoms with Crippen LogP contribution >= 0.6 is 0 Å². The maximum Gasteiger partial charge on any atom is 0.305 e. The van der Waals surface area contributed by atoms with Gasteiger partial charge in [-0.15, -0.1) is 0 Å². The van der Waals surface area contributed by atoms with Crippen molar-refractivity contribution >= 4 is 5.97 Å². The van der Waals surface area contributed by atoms with Gasteiger partial charge in [-0.25, -0.2) is 0 Å². The van der Waals surface area contributed by atoms with Gasteiger partial charge < -0.3 is 14.9 Å². The van der Waals surface area contributed by atoms with Gasteiger partial charge in [0, 0.05) is 18.5 Å². The van der Waals surface area contributed by atoms with Gasteiger partial charge in [-0.05, 0) is 19.2 Å². The average Bonchev–Trinajstić information content (AvgIpc) is 2.27. The molecular weight excluding hydrogens is 172 g/mol. The Hall–Kier alpha value is -0.610. The molecule has 4 heteroatoms. The molecular formula is C9H18O4. The molecule has 0 aliphatic heterocycles. The lowest BCUT2D eigenvalue weighted by Gasteiger charge is -2.07. The van der Waals surface area contributed by atoms with Crippen LogP contribution in [0.15, 0.2) is 0 Å². The van der Waals surface area contributed by atoms with E-state index in [0.717, 1.165) is 0 Å². The third kappa shape index (κ3) is 7.74. The van der Waals surface area contributed by atoms with E-state index in [1.807, 2.05) is 0 Å². The van der Waals surface area contributed by atoms with E-state index < -0.39 is 37.8 Å². The van der Waals surface area contributed by atoms with Crippen LogP contribution in [-0.2, 0) is 9.53 Å². The van der Waals surface area contributed by atoms with Gasteiger partial charge in [0.05, 0.1) is 14.6 Å². The van der Waals surface area contributed by atoms with Crippen molar-refractivity contribution in [3.63, 3.8) is 0 Å². The zero-order chi connectivity index (χ0) is 14.6. The molecule has 0 heterocycles. The van der Waals surface area contributed by atoms with Gasteiger partial charge in [0.15, 0.2) is 0 Å². The molecule has 0 radical (unpaired) electrons. The van der Waals surface area contributed by atoms with Crippen molar-refractivity contribution in [1.82, 2.24) is 0 Å². The number of aliphatic hydroxyl groups is 2. The molecule has 0 spiro atoms. The summed E-state index contributed by atoms with van der Waals surface area (Å²) in [5.41, 5.74) is 0. The van der Waals surface area contributed by atoms with Gasteiger partial charge in [-0.2, -0.15) is 0 Å². The maximum atomic E-state index is 10.8. The highest BCUT2D eigenvalue weighted by molar-refractivity contribution is 5.68. The maximum absolute atomic E-state index is 10.8. The first-order valence-electron chi connectivity index (χ1n) is 6.42. The van der Waals surface area contributed by atoms with Gasteiger partial charge >= 0.3 is 5.97 Å². The minimum Gasteiger partial charge on any atom is -0.469 e. The third-order valence-electron chi connectivity index (χ3n) is 1.32. The second kappa shape index (κ2) is 8.01. The molecule has 1 unspecified atom stereocenters. The highest BCUT2D eigenvalue weighted by atomic mass is 16.5. The highest BCUT2D eigenvalue weighted by Gasteiger charge is 2.04. The first-order valence-corrected chi connectivity index (χ1v) is 3.92. The number of carbonyl (C=O) groups excluding carboxylic acids is 1. The predicted octanol–water partition coefficient (Wildman–Crippen LogP) is 0.463. The van der Waals surface area contributed by atoms with Crippen LogP contribution in [0.4, 0.5) is 0 Å². The Kier molecular flexibility index (Phi) is 3.69. The minimum atomic E-state index is -3.11. The molecule has 0 saturated heterocycles. The molecule has 78 valence electrons. The van der Waals surface area contributed by atoms with Crippen LogP contribution in [0.1, 0.15) is 38.9 Å². The van der Waals surface area contributed by atoms with Crippen molar-refractivity contribution in [1.29, 1.82) is 0 Å². The summed E-state index contributed by atoms with van der Waals surface area (Å²) in [4.78, 5) is 10.8. The molecule has 13 heavy (non-hydrogen) atoms. The van der Waals surface area contributed by atoms with Crippen molar-refractivity contribution in [2.24, 2.45) is 0 Å². The molecule has 0 saturated carbocycles. The van der Waals surface area contributed by atoms with Crippen LogP contribution in [0.25, 0.3) is 0 Å². The highest BCUT2D eigenvalue weighted by Crippen LogP contribution is 2.06. The van der Waals surface area contributed by atoms with Gasteiger partial charge in [0.2, 0.25) is 0 Å². The van der Waals surface area contributed by atoms with Crippen LogP contribution in [-0.4, -0.2) is 36.0 Å². The molecule has 1 atom stereocenters. The molecule has 0 bridgehead atoms. The Morgan fingerprint density at radius 1 is 1.62 bits per heavy atom. The van der Waals surface area contributed by atoms with E-state index in [-0.39, 0.29) is 12.8 Å². The summed E-state index contributed by atoms with van der Waals surface area (Å²) in [6, 6.07) is 0. The fourth-order valence-corrected chi connectivity index (χ4v) is 0.679. The summed E-state index contributed by atoms with van der Waals surface area (Å²) >= 11 is 0. The molecule has 0 aromatic rings. The Bertz CT molecular complexity index is 293. The minimum absolute atomic E-state index is 0.00235. The number of carbonyl (C=O) groups is 1. The lowest BCUT2D eigenvalue weighted by Crippen LogP contribution is -2.08. The van der Waals surface area contributed by atoms with E-state index >= 15 is 0 Å². The third-order valence-corrected chi connectivity index (χ3v) is 1.32. The van der Waals surface area contributed by atoms with E-state index in [2.05, 4.69) is 4.74 Å². The second-order valence-corrected chi connectivity index (χ2v) is 2.29. The normalized spacial score (nSPS) is 22.8. The fraction of sp³-hybridized carbons (Fsp3) is 0.889. The molecule has 0 amide bonds. The molecule has 0 aromatic carbocycles. The number of aliphatic hydroxyl groups excluding tert-OH is 1. The number of hydrogen-bond donors (Lipinski definition) is 2. The van der Waals surface area contributed by atoms with E-state index in [4.69, 9.17) is 12.0 Å². The number of hydrogen-bond acceptors (Lipinski definition) is 4. The quantitative estimate of drug-likeness (QED) is 0.579. The Morgan fingerprint density at radius 2 is 2.31 bits per heavy atom. The van der Waals surface area contributed by atoms with Crippen molar-refractivity contribution in [3.8, 4) is 0 Å². The predicted molar refractivity (Wildman–Crippen MR) is 48.2 cm³/mol. The number of ether oxygens (including phenoxy) is 1. The summed E-state index contributed by atoms with van der Waals surface area (Å²) in [7, 11) is 1.18. The fourth-order valence-electron chi connectivity index (χ4n) is 0.679. The second-order valence-electron chi connectivity index (χ2n) is 2.29. The van der Waals surface area contributed by atoms with Crippen molar-refractivity contribution in [3.05, 3.63) is 0 Å². The Balaban J connectivity index is 4.66. The van der Waals surface area contributed by atoms with E-state index in [1.54, 1.807) is 0 Å². The zero-order valence-corrected chi connectivity index (χ0v) is 7.54. The molecule has 2 N–H and O–H groups in total. The van der Waals surface area contributed by atoms with Crippen molar-refractivity contribution in [2.45, 2.75) is 38.1 Å². The van der Waals surface area contributed by atoms with Crippen molar-refractivity contribution < 1.29 is 26.6 Å². The summed E-state index contributed by atoms with van der Waals surface area (Å²) < 4.78 is 41.3. The average molecular weight is 195 g/mol. The summed E-state index contributed by atoms with van der Waals surface area (Å²) in [5.74, 6) is -0.551. The monoisotopic (exact) mass is 195 g/mol. The van der Waals surface area contributed by atoms with Gasteiger partial charge in [0.1, 0.15) is 0 Å². The van der Waals surface area contributed by atoms with E-state index in [9.17, 15) is 9.90 Å². The summed E-state index contributed by atoms with van der Waals surface area (Å²) in [5, 5.41) is 18.4. The molecule has 4 nitrogen and oxygen atoms in total. The van der Waals surface area contributed by atoms with Gasteiger partial charge in [-0.1, -0.05) is 6.42 Å². The zero-order valence-electron chi connectivity index (χ0n) is 12.5. The molecule has 0 rings (SSSR count). The van der Waals surface area contributed by atoms with Crippen molar-refractivity contribution in [2.75, 3.05) is 13.7 Å². The first kappa shape index (κ1) is 5.98. The van der Waals surface area contributed by atoms with Crippen LogP contribution in [0.2, 0.25) is 0 Å². The molecule has 0 aromatic heterocycles. The van der Waals surface area contributed by atoms with Crippen LogP contribution in [0.3, 0.4) is 0 Å². The van der Waals surface area contributed by atoms with Crippen LogP contribution in [0.5, 0.6) is 0 Å². The van der Waals surface area contributed by atoms with Crippen LogP contribution in [0, 0.1) is 0 Å². The lowest BCUT2D eigenvalue weighted by molar-refractivity contribution is -0.140. The largest absolute Gasteiger partial charge is 0.469 e. The standard InChI is InChI=1S/C9H18O4/c1-13-9(12)5-3-2-4-8(11)6-7-10/h8,10-11H,2-7H2,1H3/i4D2,6D2,8D. The number of esters is 1. The van der Waals surface area contributed by atoms with Crippen LogP contribution < -0.4 is 0 Å². The van der Waals surface area contributed by atoms with Gasteiger partial charge in [-0.3, -0.25) is 4.79 Å². The molecule has 0 fully saturated rings. The Morgan fingerprint density at radius 3 is 2.85 bits per heavy atom. The Labute approximate surface area is 85.5 Å². The van der Waals surface area contributed by atoms with Gasteiger partial charge in [0.25, 0.3) is 0 Å².